The molecule has 34 heavy (non-hydrogen) atoms. The fourth-order valence-corrected chi connectivity index (χ4v) is 5.25. The van der Waals surface area contributed by atoms with E-state index >= 15 is 0 Å². The molecule has 174 valence electrons. The van der Waals surface area contributed by atoms with E-state index in [1.54, 1.807) is 31.2 Å². The molecule has 1 N–H and O–H groups in total. The van der Waals surface area contributed by atoms with Crippen LogP contribution in [0.1, 0.15) is 10.4 Å². The molecule has 2 aromatic carbocycles. The van der Waals surface area contributed by atoms with E-state index in [9.17, 15) is 18.8 Å². The number of amides is 1. The van der Waals surface area contributed by atoms with Gasteiger partial charge in [0.1, 0.15) is 17.2 Å². The first-order chi connectivity index (χ1) is 16.2. The topological polar surface area (TPSA) is 91.6 Å². The maximum atomic E-state index is 14.2. The largest absolute Gasteiger partial charge is 0.454 e. The summed E-state index contributed by atoms with van der Waals surface area (Å²) in [7, 11) is 0. The van der Waals surface area contributed by atoms with E-state index in [4.69, 9.17) is 9.47 Å². The lowest BCUT2D eigenvalue weighted by atomic mass is 10.2. The van der Waals surface area contributed by atoms with E-state index in [1.807, 2.05) is 6.92 Å². The van der Waals surface area contributed by atoms with E-state index < -0.39 is 29.5 Å². The Morgan fingerprint density at radius 2 is 1.91 bits per heavy atom. The molecule has 1 aliphatic rings. The van der Waals surface area contributed by atoms with Crippen molar-refractivity contribution in [1.29, 1.82) is 0 Å². The summed E-state index contributed by atoms with van der Waals surface area (Å²) < 4.78 is 27.7. The second-order valence-electron chi connectivity index (χ2n) is 7.68. The Labute approximate surface area is 204 Å². The molecule has 0 atom stereocenters. The maximum absolute atomic E-state index is 14.2. The zero-order valence-electron chi connectivity index (χ0n) is 18.0. The first-order valence-electron chi connectivity index (χ1n) is 10.1. The van der Waals surface area contributed by atoms with Crippen molar-refractivity contribution in [1.82, 2.24) is 9.13 Å². The highest BCUT2D eigenvalue weighted by molar-refractivity contribution is 9.10. The van der Waals surface area contributed by atoms with Crippen LogP contribution in [-0.2, 0) is 11.3 Å². The van der Waals surface area contributed by atoms with E-state index in [1.165, 1.54) is 28.0 Å². The minimum absolute atomic E-state index is 0.0138. The first-order valence-corrected chi connectivity index (χ1v) is 11.8. The standard InChI is InChI=1S/C23H17BrFN3O5S/c1-11-12(2)34-22-20(11)21(30)28(14-4-6-17-18(8-14)33-10-32-17)23(31)27(22)9-19(29)26-16-5-3-13(24)7-15(16)25/h3-8H,9-10H2,1-2H3,(H,26,29). The second-order valence-corrected chi connectivity index (χ2v) is 9.80. The molecular weight excluding hydrogens is 529 g/mol. The predicted molar refractivity (Wildman–Crippen MR) is 130 cm³/mol. The van der Waals surface area contributed by atoms with Crippen LogP contribution in [0.15, 0.2) is 50.5 Å². The van der Waals surface area contributed by atoms with Crippen LogP contribution >= 0.6 is 27.3 Å². The third-order valence-corrected chi connectivity index (χ3v) is 7.30. The number of benzene rings is 2. The average molecular weight is 546 g/mol. The van der Waals surface area contributed by atoms with Gasteiger partial charge in [0.15, 0.2) is 11.5 Å². The smallest absolute Gasteiger partial charge is 0.337 e. The van der Waals surface area contributed by atoms with Crippen LogP contribution in [0.25, 0.3) is 15.9 Å². The number of ether oxygens (including phenoxy) is 2. The van der Waals surface area contributed by atoms with Crippen LogP contribution in [0.4, 0.5) is 10.1 Å². The second kappa shape index (κ2) is 8.41. The number of hydrogen-bond acceptors (Lipinski definition) is 6. The number of nitrogens with zero attached hydrogens (tertiary/aromatic N) is 2. The Bertz CT molecular complexity index is 1610. The molecule has 0 fully saturated rings. The van der Waals surface area contributed by atoms with Gasteiger partial charge in [-0.3, -0.25) is 14.2 Å². The molecule has 0 radical (unpaired) electrons. The van der Waals surface area contributed by atoms with Crippen molar-refractivity contribution >= 4 is 49.1 Å². The molecule has 0 saturated carbocycles. The lowest BCUT2D eigenvalue weighted by Crippen LogP contribution is -2.40. The number of anilines is 1. The van der Waals surface area contributed by atoms with Crippen LogP contribution in [0.2, 0.25) is 0 Å². The molecule has 0 spiro atoms. The van der Waals surface area contributed by atoms with Crippen molar-refractivity contribution in [3.05, 3.63) is 78.0 Å². The first kappa shape index (κ1) is 22.4. The highest BCUT2D eigenvalue weighted by Crippen LogP contribution is 2.33. The number of aromatic nitrogens is 2. The summed E-state index contributed by atoms with van der Waals surface area (Å²) in [6, 6.07) is 8.99. The zero-order valence-corrected chi connectivity index (χ0v) is 20.4. The molecule has 4 aromatic rings. The van der Waals surface area contributed by atoms with Crippen LogP contribution in [0.3, 0.4) is 0 Å². The SMILES string of the molecule is Cc1sc2c(c1C)c(=O)n(-c1ccc3c(c1)OCO3)c(=O)n2CC(=O)Nc1ccc(Br)cc1F. The van der Waals surface area contributed by atoms with Crippen molar-refractivity contribution in [2.75, 3.05) is 12.1 Å². The lowest BCUT2D eigenvalue weighted by molar-refractivity contribution is -0.116. The molecule has 1 aliphatic heterocycles. The van der Waals surface area contributed by atoms with Crippen molar-refractivity contribution < 1.29 is 18.7 Å². The monoisotopic (exact) mass is 545 g/mol. The molecule has 0 aliphatic carbocycles. The average Bonchev–Trinajstić information content (AvgIpc) is 3.37. The number of fused-ring (bicyclic) bond motifs is 2. The van der Waals surface area contributed by atoms with Gasteiger partial charge >= 0.3 is 5.69 Å². The molecule has 0 bridgehead atoms. The normalized spacial score (nSPS) is 12.4. The molecular formula is C23H17BrFN3O5S. The molecule has 2 aromatic heterocycles. The highest BCUT2D eigenvalue weighted by Gasteiger charge is 2.23. The number of aryl methyl sites for hydroxylation is 2. The Balaban J connectivity index is 1.64. The van der Waals surface area contributed by atoms with Crippen molar-refractivity contribution in [3.8, 4) is 17.2 Å². The summed E-state index contributed by atoms with van der Waals surface area (Å²) in [5.74, 6) is -0.300. The summed E-state index contributed by atoms with van der Waals surface area (Å²) in [5.41, 5.74) is -0.175. The van der Waals surface area contributed by atoms with Gasteiger partial charge in [-0.25, -0.2) is 13.8 Å². The third kappa shape index (κ3) is 3.70. The molecule has 3 heterocycles. The number of rotatable bonds is 4. The summed E-state index contributed by atoms with van der Waals surface area (Å²) >= 11 is 4.43. The number of hydrogen-bond donors (Lipinski definition) is 1. The van der Waals surface area contributed by atoms with Gasteiger partial charge in [0.2, 0.25) is 12.7 Å². The minimum Gasteiger partial charge on any atom is -0.454 e. The summed E-state index contributed by atoms with van der Waals surface area (Å²) in [4.78, 5) is 41.0. The summed E-state index contributed by atoms with van der Waals surface area (Å²) in [5, 5.41) is 2.84. The van der Waals surface area contributed by atoms with Crippen LogP contribution in [0, 0.1) is 19.7 Å². The molecule has 11 heteroatoms. The third-order valence-electron chi connectivity index (χ3n) is 5.57. The number of carbonyl (C=O) groups excluding carboxylic acids is 1. The number of carbonyl (C=O) groups is 1. The van der Waals surface area contributed by atoms with Gasteiger partial charge < -0.3 is 14.8 Å². The highest BCUT2D eigenvalue weighted by atomic mass is 79.9. The quantitative estimate of drug-likeness (QED) is 0.417. The zero-order chi connectivity index (χ0) is 24.1. The van der Waals surface area contributed by atoms with E-state index in [-0.39, 0.29) is 18.2 Å². The van der Waals surface area contributed by atoms with Crippen LogP contribution in [0.5, 0.6) is 11.5 Å². The van der Waals surface area contributed by atoms with E-state index in [0.717, 1.165) is 15.0 Å². The Morgan fingerprint density at radius 3 is 2.68 bits per heavy atom. The maximum Gasteiger partial charge on any atom is 0.337 e. The number of halogens is 2. The molecule has 1 amide bonds. The van der Waals surface area contributed by atoms with Crippen molar-refractivity contribution in [3.63, 3.8) is 0 Å². The van der Waals surface area contributed by atoms with Gasteiger partial charge in [0.05, 0.1) is 16.8 Å². The summed E-state index contributed by atoms with van der Waals surface area (Å²) in [6.07, 6.45) is 0. The minimum atomic E-state index is -0.691. The number of nitrogens with one attached hydrogen (secondary N) is 1. The molecule has 0 saturated heterocycles. The fourth-order valence-electron chi connectivity index (χ4n) is 3.77. The van der Waals surface area contributed by atoms with Gasteiger partial charge in [0.25, 0.3) is 5.56 Å². The van der Waals surface area contributed by atoms with Gasteiger partial charge in [-0.15, -0.1) is 11.3 Å². The van der Waals surface area contributed by atoms with E-state index in [0.29, 0.717) is 26.2 Å². The lowest BCUT2D eigenvalue weighted by Gasteiger charge is -2.13. The molecule has 5 rings (SSSR count). The number of thiophene rings is 1. The van der Waals surface area contributed by atoms with Gasteiger partial charge in [-0.1, -0.05) is 15.9 Å². The van der Waals surface area contributed by atoms with Crippen molar-refractivity contribution in [2.24, 2.45) is 0 Å². The molecule has 0 unspecified atom stereocenters. The van der Waals surface area contributed by atoms with E-state index in [2.05, 4.69) is 21.2 Å². The van der Waals surface area contributed by atoms with Crippen LogP contribution in [-0.4, -0.2) is 21.8 Å². The predicted octanol–water partition coefficient (Wildman–Crippen LogP) is 4.10. The van der Waals surface area contributed by atoms with Gasteiger partial charge in [-0.05, 0) is 49.7 Å². The fraction of sp³-hybridized carbons (Fsp3) is 0.174. The van der Waals surface area contributed by atoms with Gasteiger partial charge in [-0.2, -0.15) is 0 Å². The van der Waals surface area contributed by atoms with Gasteiger partial charge in [0, 0.05) is 15.4 Å². The molecule has 8 nitrogen and oxygen atoms in total. The Kier molecular flexibility index (Phi) is 5.53. The Morgan fingerprint density at radius 1 is 1.15 bits per heavy atom. The van der Waals surface area contributed by atoms with Crippen molar-refractivity contribution in [2.45, 2.75) is 20.4 Å². The van der Waals surface area contributed by atoms with Crippen LogP contribution < -0.4 is 26.0 Å². The summed E-state index contributed by atoms with van der Waals surface area (Å²) in [6.45, 7) is 3.28. The Hall–Kier alpha value is -3.44.